The Bertz CT molecular complexity index is 534. The zero-order valence-corrected chi connectivity index (χ0v) is 11.0. The van der Waals surface area contributed by atoms with Crippen LogP contribution in [0.15, 0.2) is 34.9 Å². The average molecular weight is 260 g/mol. The molecule has 0 aliphatic carbocycles. The largest absolute Gasteiger partial charge is 0.463 e. The lowest BCUT2D eigenvalue weighted by Crippen LogP contribution is -2.24. The van der Waals surface area contributed by atoms with Crippen LogP contribution in [0.1, 0.15) is 36.0 Å². The predicted octanol–water partition coefficient (Wildman–Crippen LogP) is 2.68. The third kappa shape index (κ3) is 3.58. The quantitative estimate of drug-likeness (QED) is 0.752. The first-order chi connectivity index (χ1) is 9.33. The Kier molecular flexibility index (Phi) is 4.98. The van der Waals surface area contributed by atoms with E-state index in [9.17, 15) is 4.79 Å². The molecule has 0 aliphatic rings. The lowest BCUT2D eigenvalue weighted by Gasteiger charge is -2.03. The summed E-state index contributed by atoms with van der Waals surface area (Å²) in [5.41, 5.74) is 6.78. The first kappa shape index (κ1) is 13.6. The number of rotatable bonds is 7. The predicted molar refractivity (Wildman–Crippen MR) is 76.1 cm³/mol. The molecule has 0 spiro atoms. The fourth-order valence-corrected chi connectivity index (χ4v) is 2.07. The van der Waals surface area contributed by atoms with Crippen molar-refractivity contribution in [1.82, 2.24) is 5.32 Å². The Balaban J connectivity index is 1.83. The van der Waals surface area contributed by atoms with Crippen molar-refractivity contribution in [1.29, 1.82) is 0 Å². The number of furan rings is 1. The van der Waals surface area contributed by atoms with Gasteiger partial charge in [0.25, 0.3) is 5.91 Å². The Labute approximate surface area is 113 Å². The molecule has 0 fully saturated rings. The summed E-state index contributed by atoms with van der Waals surface area (Å²) in [6.45, 7) is 1.44. The number of hydrogen-bond donors (Lipinski definition) is 2. The summed E-state index contributed by atoms with van der Waals surface area (Å²) in [7, 11) is 0. The fraction of sp³-hybridized carbons (Fsp3) is 0.400. The van der Waals surface area contributed by atoms with Gasteiger partial charge < -0.3 is 15.5 Å². The van der Waals surface area contributed by atoms with E-state index in [4.69, 9.17) is 10.2 Å². The van der Waals surface area contributed by atoms with Gasteiger partial charge in [-0.05, 0) is 25.5 Å². The highest BCUT2D eigenvalue weighted by Gasteiger charge is 2.12. The smallest absolute Gasteiger partial charge is 0.255 e. The van der Waals surface area contributed by atoms with E-state index in [0.29, 0.717) is 12.1 Å². The number of nitrogens with two attached hydrogens (primary N) is 1. The molecule has 0 saturated carbocycles. The highest BCUT2D eigenvalue weighted by atomic mass is 16.3. The second-order valence-corrected chi connectivity index (χ2v) is 4.60. The number of benzene rings is 1. The molecule has 4 nitrogen and oxygen atoms in total. The molecular weight excluding hydrogens is 240 g/mol. The molecule has 0 unspecified atom stereocenters. The van der Waals surface area contributed by atoms with Crippen molar-refractivity contribution in [3.05, 3.63) is 36.1 Å². The topological polar surface area (TPSA) is 68.3 Å². The van der Waals surface area contributed by atoms with Crippen LogP contribution in [0, 0.1) is 0 Å². The van der Waals surface area contributed by atoms with E-state index in [-0.39, 0.29) is 5.91 Å². The number of unbranched alkanes of at least 4 members (excludes halogenated alkanes) is 3. The minimum Gasteiger partial charge on any atom is -0.463 e. The lowest BCUT2D eigenvalue weighted by atomic mass is 10.1. The highest BCUT2D eigenvalue weighted by Crippen LogP contribution is 2.20. The molecule has 0 aliphatic heterocycles. The van der Waals surface area contributed by atoms with Gasteiger partial charge in [0, 0.05) is 11.9 Å². The first-order valence-electron chi connectivity index (χ1n) is 6.77. The molecule has 1 amide bonds. The molecule has 1 aromatic heterocycles. The second kappa shape index (κ2) is 6.95. The van der Waals surface area contributed by atoms with Crippen molar-refractivity contribution in [2.75, 3.05) is 13.1 Å². The maximum absolute atomic E-state index is 12.0. The van der Waals surface area contributed by atoms with Crippen LogP contribution in [0.5, 0.6) is 0 Å². The molecular formula is C15H20N2O2. The van der Waals surface area contributed by atoms with E-state index in [0.717, 1.165) is 43.2 Å². The Morgan fingerprint density at radius 3 is 2.79 bits per heavy atom. The van der Waals surface area contributed by atoms with Crippen LogP contribution < -0.4 is 11.1 Å². The standard InChI is InChI=1S/C15H20N2O2/c16-9-5-1-2-6-10-17-15(18)13-11-19-14-8-4-3-7-12(13)14/h3-4,7-8,11H,1-2,5-6,9-10,16H2,(H,17,18). The van der Waals surface area contributed by atoms with Crippen molar-refractivity contribution in [2.24, 2.45) is 5.73 Å². The van der Waals surface area contributed by atoms with Crippen LogP contribution in [0.25, 0.3) is 11.0 Å². The van der Waals surface area contributed by atoms with Gasteiger partial charge in [0.2, 0.25) is 0 Å². The van der Waals surface area contributed by atoms with Gasteiger partial charge in [0.15, 0.2) is 0 Å². The van der Waals surface area contributed by atoms with Crippen molar-refractivity contribution < 1.29 is 9.21 Å². The molecule has 0 radical (unpaired) electrons. The van der Waals surface area contributed by atoms with Crippen LogP contribution in [0.4, 0.5) is 0 Å². The maximum atomic E-state index is 12.0. The lowest BCUT2D eigenvalue weighted by molar-refractivity contribution is 0.0953. The van der Waals surface area contributed by atoms with E-state index in [2.05, 4.69) is 5.32 Å². The second-order valence-electron chi connectivity index (χ2n) is 4.60. The van der Waals surface area contributed by atoms with Gasteiger partial charge in [-0.15, -0.1) is 0 Å². The van der Waals surface area contributed by atoms with Gasteiger partial charge in [0.1, 0.15) is 11.8 Å². The molecule has 2 aromatic rings. The van der Waals surface area contributed by atoms with Gasteiger partial charge in [-0.2, -0.15) is 0 Å². The molecule has 2 rings (SSSR count). The highest BCUT2D eigenvalue weighted by molar-refractivity contribution is 6.05. The average Bonchev–Trinajstić information content (AvgIpc) is 2.86. The monoisotopic (exact) mass is 260 g/mol. The minimum absolute atomic E-state index is 0.0659. The number of carbonyl (C=O) groups excluding carboxylic acids is 1. The summed E-state index contributed by atoms with van der Waals surface area (Å²) in [4.78, 5) is 12.0. The molecule has 3 N–H and O–H groups in total. The molecule has 0 saturated heterocycles. The molecule has 4 heteroatoms. The molecule has 102 valence electrons. The third-order valence-corrected chi connectivity index (χ3v) is 3.14. The zero-order valence-electron chi connectivity index (χ0n) is 11.0. The number of amides is 1. The zero-order chi connectivity index (χ0) is 13.5. The molecule has 0 bridgehead atoms. The van der Waals surface area contributed by atoms with Crippen molar-refractivity contribution in [2.45, 2.75) is 25.7 Å². The van der Waals surface area contributed by atoms with E-state index >= 15 is 0 Å². The van der Waals surface area contributed by atoms with Crippen molar-refractivity contribution in [3.63, 3.8) is 0 Å². The summed E-state index contributed by atoms with van der Waals surface area (Å²) in [6, 6.07) is 7.56. The van der Waals surface area contributed by atoms with Crippen LogP contribution in [-0.2, 0) is 0 Å². The molecule has 1 heterocycles. The van der Waals surface area contributed by atoms with Crippen molar-refractivity contribution >= 4 is 16.9 Å². The number of para-hydroxylation sites is 1. The summed E-state index contributed by atoms with van der Waals surface area (Å²) in [6.07, 6.45) is 5.79. The van der Waals surface area contributed by atoms with Gasteiger partial charge in [-0.25, -0.2) is 0 Å². The van der Waals surface area contributed by atoms with E-state index < -0.39 is 0 Å². The van der Waals surface area contributed by atoms with Gasteiger partial charge in [-0.3, -0.25) is 4.79 Å². The maximum Gasteiger partial charge on any atom is 0.255 e. The summed E-state index contributed by atoms with van der Waals surface area (Å²) >= 11 is 0. The van der Waals surface area contributed by atoms with Crippen LogP contribution >= 0.6 is 0 Å². The van der Waals surface area contributed by atoms with Crippen LogP contribution in [0.2, 0.25) is 0 Å². The fourth-order valence-electron chi connectivity index (χ4n) is 2.07. The van der Waals surface area contributed by atoms with Crippen LogP contribution in [-0.4, -0.2) is 19.0 Å². The Morgan fingerprint density at radius 2 is 1.95 bits per heavy atom. The molecule has 19 heavy (non-hydrogen) atoms. The number of fused-ring (bicyclic) bond motifs is 1. The van der Waals surface area contributed by atoms with Gasteiger partial charge in [-0.1, -0.05) is 31.0 Å². The number of hydrogen-bond acceptors (Lipinski definition) is 3. The van der Waals surface area contributed by atoms with E-state index in [1.807, 2.05) is 24.3 Å². The normalized spacial score (nSPS) is 10.8. The van der Waals surface area contributed by atoms with Gasteiger partial charge in [0.05, 0.1) is 5.56 Å². The Morgan fingerprint density at radius 1 is 1.16 bits per heavy atom. The van der Waals surface area contributed by atoms with E-state index in [1.165, 1.54) is 6.26 Å². The SMILES string of the molecule is NCCCCCCNC(=O)c1coc2ccccc12. The summed E-state index contributed by atoms with van der Waals surface area (Å²) in [5, 5.41) is 3.79. The number of nitrogens with one attached hydrogen (secondary N) is 1. The van der Waals surface area contributed by atoms with Gasteiger partial charge >= 0.3 is 0 Å². The molecule has 0 atom stereocenters. The third-order valence-electron chi connectivity index (χ3n) is 3.14. The Hall–Kier alpha value is -1.81. The van der Waals surface area contributed by atoms with Crippen LogP contribution in [0.3, 0.4) is 0 Å². The van der Waals surface area contributed by atoms with E-state index in [1.54, 1.807) is 0 Å². The van der Waals surface area contributed by atoms with Crippen molar-refractivity contribution in [3.8, 4) is 0 Å². The first-order valence-corrected chi connectivity index (χ1v) is 6.77. The molecule has 1 aromatic carbocycles. The number of carbonyl (C=O) groups is 1. The summed E-state index contributed by atoms with van der Waals surface area (Å²) < 4.78 is 5.35. The summed E-state index contributed by atoms with van der Waals surface area (Å²) in [5.74, 6) is -0.0659. The minimum atomic E-state index is -0.0659.